The van der Waals surface area contributed by atoms with E-state index in [0.717, 1.165) is 25.9 Å². The lowest BCUT2D eigenvalue weighted by Gasteiger charge is -2.18. The van der Waals surface area contributed by atoms with E-state index in [1.54, 1.807) is 6.92 Å². The molecule has 1 aromatic rings. The molecule has 1 saturated heterocycles. The number of ether oxygens (including phenoxy) is 1. The van der Waals surface area contributed by atoms with Crippen molar-refractivity contribution in [2.45, 2.75) is 32.0 Å². The SMILES string of the molecule is CCOC(=O)C(O)C(O)c1cnc(N2CCCC2)nc1. The maximum absolute atomic E-state index is 11.4. The first-order valence-electron chi connectivity index (χ1n) is 6.73. The number of carbonyl (C=O) groups is 1. The van der Waals surface area contributed by atoms with Crippen molar-refractivity contribution in [3.05, 3.63) is 18.0 Å². The van der Waals surface area contributed by atoms with Gasteiger partial charge in [-0.1, -0.05) is 0 Å². The normalized spacial score (nSPS) is 17.9. The van der Waals surface area contributed by atoms with Gasteiger partial charge in [-0.15, -0.1) is 0 Å². The zero-order valence-corrected chi connectivity index (χ0v) is 11.4. The molecule has 0 saturated carbocycles. The lowest BCUT2D eigenvalue weighted by Crippen LogP contribution is -2.30. The number of anilines is 1. The van der Waals surface area contributed by atoms with Gasteiger partial charge in [0, 0.05) is 31.0 Å². The van der Waals surface area contributed by atoms with Crippen molar-refractivity contribution < 1.29 is 19.7 Å². The second-order valence-corrected chi connectivity index (χ2v) is 4.65. The summed E-state index contributed by atoms with van der Waals surface area (Å²) in [7, 11) is 0. The van der Waals surface area contributed by atoms with Crippen molar-refractivity contribution in [1.82, 2.24) is 9.97 Å². The molecule has 0 radical (unpaired) electrons. The van der Waals surface area contributed by atoms with Gasteiger partial charge in [0.05, 0.1) is 6.61 Å². The second kappa shape index (κ2) is 6.62. The van der Waals surface area contributed by atoms with Crippen LogP contribution in [-0.2, 0) is 9.53 Å². The molecule has 2 atom stereocenters. The third-order valence-electron chi connectivity index (χ3n) is 3.22. The summed E-state index contributed by atoms with van der Waals surface area (Å²) >= 11 is 0. The monoisotopic (exact) mass is 281 g/mol. The summed E-state index contributed by atoms with van der Waals surface area (Å²) in [5.41, 5.74) is 0.286. The molecule has 2 heterocycles. The number of aliphatic hydroxyl groups is 2. The highest BCUT2D eigenvalue weighted by Crippen LogP contribution is 2.19. The van der Waals surface area contributed by atoms with Crippen molar-refractivity contribution in [2.75, 3.05) is 24.6 Å². The molecule has 0 bridgehead atoms. The molecule has 0 spiro atoms. The van der Waals surface area contributed by atoms with Crippen LogP contribution in [0.15, 0.2) is 12.4 Å². The van der Waals surface area contributed by atoms with Crippen LogP contribution in [0.25, 0.3) is 0 Å². The van der Waals surface area contributed by atoms with Crippen LogP contribution >= 0.6 is 0 Å². The van der Waals surface area contributed by atoms with Crippen molar-refractivity contribution in [3.63, 3.8) is 0 Å². The molecule has 7 nitrogen and oxygen atoms in total. The Balaban J connectivity index is 2.03. The third-order valence-corrected chi connectivity index (χ3v) is 3.22. The van der Waals surface area contributed by atoms with Crippen LogP contribution in [0.1, 0.15) is 31.4 Å². The zero-order chi connectivity index (χ0) is 14.5. The molecule has 20 heavy (non-hydrogen) atoms. The molecule has 1 aliphatic heterocycles. The summed E-state index contributed by atoms with van der Waals surface area (Å²) in [5.74, 6) is -0.257. The van der Waals surface area contributed by atoms with Gasteiger partial charge >= 0.3 is 5.97 Å². The Kier molecular flexibility index (Phi) is 4.86. The fraction of sp³-hybridized carbons (Fsp3) is 0.615. The highest BCUT2D eigenvalue weighted by molar-refractivity contribution is 5.75. The highest BCUT2D eigenvalue weighted by atomic mass is 16.5. The minimum Gasteiger partial charge on any atom is -0.464 e. The maximum atomic E-state index is 11.4. The molecular formula is C13H19N3O4. The van der Waals surface area contributed by atoms with Crippen LogP contribution in [0.4, 0.5) is 5.95 Å². The third kappa shape index (κ3) is 3.23. The average molecular weight is 281 g/mol. The van der Waals surface area contributed by atoms with Crippen molar-refractivity contribution in [3.8, 4) is 0 Å². The zero-order valence-electron chi connectivity index (χ0n) is 11.4. The minimum atomic E-state index is -1.63. The number of hydrogen-bond acceptors (Lipinski definition) is 7. The molecule has 0 aliphatic carbocycles. The van der Waals surface area contributed by atoms with Crippen LogP contribution < -0.4 is 4.90 Å². The topological polar surface area (TPSA) is 95.8 Å². The van der Waals surface area contributed by atoms with Crippen LogP contribution in [0.3, 0.4) is 0 Å². The van der Waals surface area contributed by atoms with Crippen molar-refractivity contribution in [1.29, 1.82) is 0 Å². The molecule has 0 aromatic carbocycles. The van der Waals surface area contributed by atoms with Gasteiger partial charge in [-0.25, -0.2) is 14.8 Å². The minimum absolute atomic E-state index is 0.146. The average Bonchev–Trinajstić information content (AvgIpc) is 3.00. The highest BCUT2D eigenvalue weighted by Gasteiger charge is 2.27. The Hall–Kier alpha value is -1.73. The number of aliphatic hydroxyl groups excluding tert-OH is 2. The number of carbonyl (C=O) groups excluding carboxylic acids is 1. The van der Waals surface area contributed by atoms with Gasteiger partial charge in [0.25, 0.3) is 0 Å². The lowest BCUT2D eigenvalue weighted by atomic mass is 10.1. The van der Waals surface area contributed by atoms with E-state index in [1.165, 1.54) is 12.4 Å². The number of esters is 1. The molecular weight excluding hydrogens is 262 g/mol. The van der Waals surface area contributed by atoms with E-state index in [1.807, 2.05) is 0 Å². The largest absolute Gasteiger partial charge is 0.464 e. The Bertz CT molecular complexity index is 445. The fourth-order valence-corrected chi connectivity index (χ4v) is 2.10. The van der Waals surface area contributed by atoms with E-state index in [9.17, 15) is 15.0 Å². The molecule has 1 fully saturated rings. The second-order valence-electron chi connectivity index (χ2n) is 4.65. The first kappa shape index (κ1) is 14.7. The van der Waals surface area contributed by atoms with Crippen LogP contribution in [0, 0.1) is 0 Å². The van der Waals surface area contributed by atoms with Gasteiger partial charge in [0.1, 0.15) is 6.10 Å². The van der Waals surface area contributed by atoms with E-state index in [4.69, 9.17) is 0 Å². The summed E-state index contributed by atoms with van der Waals surface area (Å²) in [6.45, 7) is 3.62. The molecule has 1 aliphatic rings. The molecule has 0 amide bonds. The summed E-state index contributed by atoms with van der Waals surface area (Å²) in [5, 5.41) is 19.6. The van der Waals surface area contributed by atoms with E-state index < -0.39 is 18.2 Å². The fourth-order valence-electron chi connectivity index (χ4n) is 2.10. The number of hydrogen-bond donors (Lipinski definition) is 2. The smallest absolute Gasteiger partial charge is 0.338 e. The van der Waals surface area contributed by atoms with Crippen molar-refractivity contribution in [2.24, 2.45) is 0 Å². The number of nitrogens with zero attached hydrogens (tertiary/aromatic N) is 3. The van der Waals surface area contributed by atoms with E-state index >= 15 is 0 Å². The predicted octanol–water partition coefficient (Wildman–Crippen LogP) is 0.0342. The summed E-state index contributed by atoms with van der Waals surface area (Å²) in [4.78, 5) is 21.7. The van der Waals surface area contributed by atoms with Crippen LogP contribution in [0.5, 0.6) is 0 Å². The summed E-state index contributed by atoms with van der Waals surface area (Å²) < 4.78 is 4.65. The molecule has 7 heteroatoms. The maximum Gasteiger partial charge on any atom is 0.338 e. The van der Waals surface area contributed by atoms with Crippen LogP contribution in [0.2, 0.25) is 0 Å². The van der Waals surface area contributed by atoms with Gasteiger partial charge in [0.15, 0.2) is 6.10 Å². The molecule has 2 rings (SSSR count). The number of aromatic nitrogens is 2. The van der Waals surface area contributed by atoms with E-state index in [2.05, 4.69) is 19.6 Å². The van der Waals surface area contributed by atoms with E-state index in [-0.39, 0.29) is 12.2 Å². The van der Waals surface area contributed by atoms with Gasteiger partial charge < -0.3 is 19.8 Å². The first-order chi connectivity index (χ1) is 9.63. The summed E-state index contributed by atoms with van der Waals surface area (Å²) in [6.07, 6.45) is 2.07. The van der Waals surface area contributed by atoms with Crippen molar-refractivity contribution >= 4 is 11.9 Å². The Morgan fingerprint density at radius 3 is 2.50 bits per heavy atom. The van der Waals surface area contributed by atoms with Gasteiger partial charge in [-0.3, -0.25) is 0 Å². The Labute approximate surface area is 117 Å². The molecule has 110 valence electrons. The summed E-state index contributed by atoms with van der Waals surface area (Å²) in [6, 6.07) is 0. The first-order valence-corrected chi connectivity index (χ1v) is 6.73. The van der Waals surface area contributed by atoms with Crippen LogP contribution in [-0.4, -0.2) is 52.0 Å². The van der Waals surface area contributed by atoms with Gasteiger partial charge in [-0.2, -0.15) is 0 Å². The quantitative estimate of drug-likeness (QED) is 0.735. The Morgan fingerprint density at radius 1 is 1.35 bits per heavy atom. The van der Waals surface area contributed by atoms with E-state index in [0.29, 0.717) is 5.95 Å². The lowest BCUT2D eigenvalue weighted by molar-refractivity contribution is -0.159. The molecule has 1 aromatic heterocycles. The predicted molar refractivity (Wildman–Crippen MR) is 71.1 cm³/mol. The number of rotatable bonds is 5. The van der Waals surface area contributed by atoms with Gasteiger partial charge in [0.2, 0.25) is 5.95 Å². The molecule has 2 unspecified atom stereocenters. The Morgan fingerprint density at radius 2 is 1.95 bits per heavy atom. The van der Waals surface area contributed by atoms with Gasteiger partial charge in [-0.05, 0) is 19.8 Å². The standard InChI is InChI=1S/C13H19N3O4/c1-2-20-12(19)11(18)10(17)9-7-14-13(15-8-9)16-5-3-4-6-16/h7-8,10-11,17-18H,2-6H2,1H3. The molecule has 2 N–H and O–H groups in total.